The lowest BCUT2D eigenvalue weighted by molar-refractivity contribution is 0.399. The molecule has 0 fully saturated rings. The highest BCUT2D eigenvalue weighted by molar-refractivity contribution is 6.67. The molecule has 0 aliphatic rings. The van der Waals surface area contributed by atoms with Crippen molar-refractivity contribution in [1.82, 2.24) is 0 Å². The third-order valence-electron chi connectivity index (χ3n) is 0. The van der Waals surface area contributed by atoms with Gasteiger partial charge in [-0.05, 0) is 6.92 Å². The summed E-state index contributed by atoms with van der Waals surface area (Å²) in [6.45, 7) is 1.48. The Kier molecular flexibility index (Phi) is 7.64. The van der Waals surface area contributed by atoms with Gasteiger partial charge in [0.05, 0.1) is 0 Å². The molecule has 1 nitrogen and oxygen atoms in total. The second-order valence-corrected chi connectivity index (χ2v) is 3.63. The van der Waals surface area contributed by atoms with Crippen LogP contribution in [0.15, 0.2) is 0 Å². The van der Waals surface area contributed by atoms with E-state index in [9.17, 15) is 0 Å². The molecule has 0 bridgehead atoms. The van der Waals surface area contributed by atoms with Gasteiger partial charge in [-0.15, -0.1) is 0 Å². The summed E-state index contributed by atoms with van der Waals surface area (Å²) in [4.78, 5) is 0. The van der Waals surface area contributed by atoms with Crippen molar-refractivity contribution in [3.05, 3.63) is 0 Å². The van der Waals surface area contributed by atoms with Crippen LogP contribution >= 0.6 is 34.8 Å². The molecule has 0 aliphatic carbocycles. The van der Waals surface area contributed by atoms with E-state index in [1.807, 2.05) is 0 Å². The summed E-state index contributed by atoms with van der Waals surface area (Å²) in [7, 11) is 1.00. The second-order valence-electron chi connectivity index (χ2n) is 0.781. The van der Waals surface area contributed by atoms with Crippen LogP contribution in [0.4, 0.5) is 0 Å². The summed E-state index contributed by atoms with van der Waals surface area (Å²) >= 11 is 15.2. The minimum absolute atomic E-state index is 1.00. The Morgan fingerprint density at radius 3 is 1.14 bits per heavy atom. The number of hydrogen-bond acceptors (Lipinski definition) is 1. The predicted octanol–water partition coefficient (Wildman–Crippen LogP) is 1.99. The molecule has 0 heterocycles. The molecule has 0 saturated heterocycles. The minimum Gasteiger partial charge on any atom is -0.400 e. The standard InChI is InChI=1S/C2H3Cl3.CH4O/c1-2(3,4)5;1-2/h1H3;2H,1H3. The average molecular weight is 165 g/mol. The van der Waals surface area contributed by atoms with Gasteiger partial charge in [0.25, 0.3) is 0 Å². The van der Waals surface area contributed by atoms with E-state index >= 15 is 0 Å². The van der Waals surface area contributed by atoms with E-state index in [4.69, 9.17) is 39.9 Å². The predicted molar refractivity (Wildman–Crippen MR) is 34.1 cm³/mol. The van der Waals surface area contributed by atoms with Crippen LogP contribution < -0.4 is 0 Å². The molecule has 0 aromatic carbocycles. The van der Waals surface area contributed by atoms with Crippen LogP contribution in [0.5, 0.6) is 0 Å². The second kappa shape index (κ2) is 4.98. The molecule has 0 rings (SSSR count). The minimum atomic E-state index is -1.08. The van der Waals surface area contributed by atoms with Crippen LogP contribution in [0.25, 0.3) is 0 Å². The highest BCUT2D eigenvalue weighted by atomic mass is 35.6. The average Bonchev–Trinajstić information content (AvgIpc) is 1.36. The van der Waals surface area contributed by atoms with Crippen molar-refractivity contribution >= 4 is 34.8 Å². The van der Waals surface area contributed by atoms with Gasteiger partial charge in [0, 0.05) is 7.11 Å². The Hall–Kier alpha value is 0.830. The van der Waals surface area contributed by atoms with Gasteiger partial charge in [0.1, 0.15) is 0 Å². The molecule has 1 N–H and O–H groups in total. The van der Waals surface area contributed by atoms with Crippen LogP contribution in [0.1, 0.15) is 6.92 Å². The van der Waals surface area contributed by atoms with Gasteiger partial charge >= 0.3 is 0 Å². The number of aliphatic hydroxyl groups excluding tert-OH is 1. The Morgan fingerprint density at radius 2 is 1.14 bits per heavy atom. The zero-order chi connectivity index (χ0) is 6.50. The Balaban J connectivity index is 0. The first-order valence-electron chi connectivity index (χ1n) is 1.51. The largest absolute Gasteiger partial charge is 0.400 e. The van der Waals surface area contributed by atoms with E-state index in [0.717, 1.165) is 7.11 Å². The monoisotopic (exact) mass is 164 g/mol. The van der Waals surface area contributed by atoms with E-state index in [-0.39, 0.29) is 0 Å². The van der Waals surface area contributed by atoms with E-state index in [1.54, 1.807) is 0 Å². The summed E-state index contributed by atoms with van der Waals surface area (Å²) in [6, 6.07) is 0. The van der Waals surface area contributed by atoms with E-state index < -0.39 is 3.79 Å². The summed E-state index contributed by atoms with van der Waals surface area (Å²) < 4.78 is -1.08. The molecule has 0 spiro atoms. The highest BCUT2D eigenvalue weighted by Crippen LogP contribution is 2.23. The van der Waals surface area contributed by atoms with E-state index in [2.05, 4.69) is 0 Å². The number of rotatable bonds is 0. The lowest BCUT2D eigenvalue weighted by Gasteiger charge is -1.94. The van der Waals surface area contributed by atoms with Gasteiger partial charge in [-0.2, -0.15) is 0 Å². The van der Waals surface area contributed by atoms with E-state index in [0.29, 0.717) is 0 Å². The normalized spacial score (nSPS) is 9.43. The van der Waals surface area contributed by atoms with Crippen LogP contribution in [0, 0.1) is 0 Å². The molecule has 46 valence electrons. The molecular weight excluding hydrogens is 158 g/mol. The van der Waals surface area contributed by atoms with Crippen molar-refractivity contribution < 1.29 is 5.11 Å². The quantitative estimate of drug-likeness (QED) is 0.544. The van der Waals surface area contributed by atoms with Gasteiger partial charge in [-0.1, -0.05) is 34.8 Å². The molecule has 4 heteroatoms. The summed E-state index contributed by atoms with van der Waals surface area (Å²) in [6.07, 6.45) is 0. The molecule has 0 aromatic rings. The van der Waals surface area contributed by atoms with Gasteiger partial charge < -0.3 is 5.11 Å². The Morgan fingerprint density at radius 1 is 1.14 bits per heavy atom. The first kappa shape index (κ1) is 10.7. The Labute approximate surface area is 58.2 Å². The third kappa shape index (κ3) is 231. The smallest absolute Gasteiger partial charge is 0.187 e. The molecule has 0 saturated carbocycles. The number of hydrogen-bond donors (Lipinski definition) is 1. The van der Waals surface area contributed by atoms with Crippen molar-refractivity contribution in [3.8, 4) is 0 Å². The van der Waals surface area contributed by atoms with Crippen LogP contribution in [0.3, 0.4) is 0 Å². The molecule has 0 aromatic heterocycles. The molecule has 0 radical (unpaired) electrons. The summed E-state index contributed by atoms with van der Waals surface area (Å²) in [5, 5.41) is 7.00. The van der Waals surface area contributed by atoms with Crippen LogP contribution in [-0.2, 0) is 0 Å². The maximum Gasteiger partial charge on any atom is 0.187 e. The highest BCUT2D eigenvalue weighted by Gasteiger charge is 2.07. The fraction of sp³-hybridized carbons (Fsp3) is 1.00. The van der Waals surface area contributed by atoms with Gasteiger partial charge in [0.2, 0.25) is 0 Å². The van der Waals surface area contributed by atoms with Crippen LogP contribution in [-0.4, -0.2) is 16.0 Å². The molecule has 0 amide bonds. The lowest BCUT2D eigenvalue weighted by Crippen LogP contribution is -1.87. The SMILES string of the molecule is CC(Cl)(Cl)Cl.CO. The number of alkyl halides is 3. The zero-order valence-corrected chi connectivity index (χ0v) is 6.35. The number of aliphatic hydroxyl groups is 1. The van der Waals surface area contributed by atoms with Crippen molar-refractivity contribution in [3.63, 3.8) is 0 Å². The first-order chi connectivity index (χ1) is 3.00. The molecule has 7 heavy (non-hydrogen) atoms. The van der Waals surface area contributed by atoms with E-state index in [1.165, 1.54) is 6.92 Å². The maximum absolute atomic E-state index is 7.00. The summed E-state index contributed by atoms with van der Waals surface area (Å²) in [5.41, 5.74) is 0. The first-order valence-corrected chi connectivity index (χ1v) is 2.65. The molecule has 0 unspecified atom stereocenters. The fourth-order valence-corrected chi connectivity index (χ4v) is 0. The zero-order valence-electron chi connectivity index (χ0n) is 4.08. The van der Waals surface area contributed by atoms with Crippen molar-refractivity contribution in [2.24, 2.45) is 0 Å². The molecular formula is C3H7Cl3O. The molecule has 0 atom stereocenters. The van der Waals surface area contributed by atoms with Crippen LogP contribution in [0.2, 0.25) is 0 Å². The summed E-state index contributed by atoms with van der Waals surface area (Å²) in [5.74, 6) is 0. The van der Waals surface area contributed by atoms with Crippen molar-refractivity contribution in [2.45, 2.75) is 10.7 Å². The lowest BCUT2D eigenvalue weighted by atomic mass is 10.9. The van der Waals surface area contributed by atoms with Crippen molar-refractivity contribution in [1.29, 1.82) is 0 Å². The fourth-order valence-electron chi connectivity index (χ4n) is 0. The van der Waals surface area contributed by atoms with Gasteiger partial charge in [-0.25, -0.2) is 0 Å². The van der Waals surface area contributed by atoms with Gasteiger partial charge in [-0.3, -0.25) is 0 Å². The molecule has 0 aliphatic heterocycles. The number of halogens is 3. The van der Waals surface area contributed by atoms with Crippen molar-refractivity contribution in [2.75, 3.05) is 7.11 Å². The van der Waals surface area contributed by atoms with Gasteiger partial charge in [0.15, 0.2) is 3.79 Å². The topological polar surface area (TPSA) is 20.2 Å². The maximum atomic E-state index is 7.00. The third-order valence-corrected chi connectivity index (χ3v) is 0. The Bertz CT molecular complexity index is 25.7.